The summed E-state index contributed by atoms with van der Waals surface area (Å²) < 4.78 is 33.7. The SMILES string of the molecule is Cc1ccccc1-c1cc(C(OCc2cc(F)ccc2F)c2cncs2)ccc1C#N. The summed E-state index contributed by atoms with van der Waals surface area (Å²) in [4.78, 5) is 4.97. The van der Waals surface area contributed by atoms with Gasteiger partial charge in [0.1, 0.15) is 17.7 Å². The Morgan fingerprint density at radius 1 is 1.06 bits per heavy atom. The van der Waals surface area contributed by atoms with Crippen molar-refractivity contribution in [2.24, 2.45) is 0 Å². The van der Waals surface area contributed by atoms with Crippen LogP contribution in [-0.2, 0) is 11.3 Å². The van der Waals surface area contributed by atoms with Gasteiger partial charge in [-0.3, -0.25) is 4.98 Å². The molecule has 3 aromatic carbocycles. The Balaban J connectivity index is 1.74. The Morgan fingerprint density at radius 2 is 1.90 bits per heavy atom. The van der Waals surface area contributed by atoms with E-state index in [1.807, 2.05) is 43.3 Å². The highest BCUT2D eigenvalue weighted by molar-refractivity contribution is 7.09. The lowest BCUT2D eigenvalue weighted by Crippen LogP contribution is -2.07. The van der Waals surface area contributed by atoms with E-state index < -0.39 is 17.7 Å². The van der Waals surface area contributed by atoms with Gasteiger partial charge in [-0.2, -0.15) is 5.26 Å². The molecule has 0 radical (unpaired) electrons. The van der Waals surface area contributed by atoms with Crippen molar-refractivity contribution in [2.75, 3.05) is 0 Å². The van der Waals surface area contributed by atoms with Gasteiger partial charge >= 0.3 is 0 Å². The molecule has 0 fully saturated rings. The van der Waals surface area contributed by atoms with Crippen LogP contribution in [0.1, 0.15) is 33.2 Å². The van der Waals surface area contributed by atoms with E-state index in [9.17, 15) is 14.0 Å². The van der Waals surface area contributed by atoms with E-state index in [-0.39, 0.29) is 12.2 Å². The van der Waals surface area contributed by atoms with Gasteiger partial charge in [0.05, 0.1) is 28.6 Å². The lowest BCUT2D eigenvalue weighted by Gasteiger charge is -2.19. The molecule has 0 aliphatic rings. The Labute approximate surface area is 183 Å². The fourth-order valence-electron chi connectivity index (χ4n) is 3.45. The maximum atomic E-state index is 14.1. The van der Waals surface area contributed by atoms with Gasteiger partial charge in [-0.05, 0) is 53.9 Å². The Bertz CT molecular complexity index is 1250. The summed E-state index contributed by atoms with van der Waals surface area (Å²) in [5.41, 5.74) is 6.00. The first-order valence-corrected chi connectivity index (χ1v) is 10.5. The van der Waals surface area contributed by atoms with E-state index in [0.29, 0.717) is 5.56 Å². The minimum atomic E-state index is -0.536. The molecule has 31 heavy (non-hydrogen) atoms. The molecule has 1 unspecified atom stereocenters. The third-order valence-corrected chi connectivity index (χ3v) is 5.84. The van der Waals surface area contributed by atoms with Gasteiger partial charge in [-0.25, -0.2) is 8.78 Å². The van der Waals surface area contributed by atoms with Crippen molar-refractivity contribution in [3.05, 3.63) is 111 Å². The Morgan fingerprint density at radius 3 is 2.65 bits per heavy atom. The van der Waals surface area contributed by atoms with E-state index in [0.717, 1.165) is 45.3 Å². The zero-order valence-corrected chi connectivity index (χ0v) is 17.5. The molecule has 4 aromatic rings. The summed E-state index contributed by atoms with van der Waals surface area (Å²) in [6.07, 6.45) is 1.16. The number of thiazole rings is 1. The first-order chi connectivity index (χ1) is 15.1. The van der Waals surface area contributed by atoms with Crippen molar-refractivity contribution in [3.63, 3.8) is 0 Å². The highest BCUT2D eigenvalue weighted by Crippen LogP contribution is 2.35. The summed E-state index contributed by atoms with van der Waals surface area (Å²) >= 11 is 1.41. The molecular weight excluding hydrogens is 414 g/mol. The molecule has 0 bridgehead atoms. The number of nitriles is 1. The summed E-state index contributed by atoms with van der Waals surface area (Å²) in [6, 6.07) is 18.9. The lowest BCUT2D eigenvalue weighted by atomic mass is 9.93. The van der Waals surface area contributed by atoms with Crippen molar-refractivity contribution >= 4 is 11.3 Å². The van der Waals surface area contributed by atoms with E-state index in [1.165, 1.54) is 11.3 Å². The molecule has 4 rings (SSSR count). The maximum absolute atomic E-state index is 14.1. The van der Waals surface area contributed by atoms with Crippen molar-refractivity contribution in [3.8, 4) is 17.2 Å². The quantitative estimate of drug-likeness (QED) is 0.346. The van der Waals surface area contributed by atoms with Gasteiger partial charge in [0, 0.05) is 17.3 Å². The predicted molar refractivity (Wildman–Crippen MR) is 116 cm³/mol. The number of halogens is 2. The molecule has 0 aliphatic carbocycles. The van der Waals surface area contributed by atoms with E-state index in [4.69, 9.17) is 4.74 Å². The van der Waals surface area contributed by atoms with Gasteiger partial charge in [-0.15, -0.1) is 11.3 Å². The normalized spacial score (nSPS) is 11.8. The summed E-state index contributed by atoms with van der Waals surface area (Å²) in [7, 11) is 0. The second-order valence-electron chi connectivity index (χ2n) is 7.06. The maximum Gasteiger partial charge on any atom is 0.128 e. The first kappa shape index (κ1) is 20.9. The van der Waals surface area contributed by atoms with Crippen LogP contribution in [-0.4, -0.2) is 4.98 Å². The molecule has 1 aromatic heterocycles. The van der Waals surface area contributed by atoms with Crippen molar-refractivity contribution in [1.29, 1.82) is 5.26 Å². The van der Waals surface area contributed by atoms with Crippen molar-refractivity contribution in [1.82, 2.24) is 4.98 Å². The summed E-state index contributed by atoms with van der Waals surface area (Å²) in [6.45, 7) is 1.89. The predicted octanol–water partition coefficient (Wildman–Crippen LogP) is 6.57. The Kier molecular flexibility index (Phi) is 6.17. The van der Waals surface area contributed by atoms with Crippen LogP contribution in [0.3, 0.4) is 0 Å². The molecule has 3 nitrogen and oxygen atoms in total. The Hall–Kier alpha value is -3.40. The molecule has 0 aliphatic heterocycles. The molecule has 0 spiro atoms. The van der Waals surface area contributed by atoms with Gasteiger partial charge in [-0.1, -0.05) is 30.3 Å². The van der Waals surface area contributed by atoms with Crippen LogP contribution in [0.5, 0.6) is 0 Å². The second kappa shape index (κ2) is 9.17. The van der Waals surface area contributed by atoms with Crippen LogP contribution in [0.2, 0.25) is 0 Å². The fourth-order valence-corrected chi connectivity index (χ4v) is 4.14. The second-order valence-corrected chi connectivity index (χ2v) is 7.98. The molecule has 0 N–H and O–H groups in total. The third-order valence-electron chi connectivity index (χ3n) is 5.03. The topological polar surface area (TPSA) is 45.9 Å². The van der Waals surface area contributed by atoms with E-state index in [2.05, 4.69) is 11.1 Å². The first-order valence-electron chi connectivity index (χ1n) is 9.61. The smallest absolute Gasteiger partial charge is 0.128 e. The van der Waals surface area contributed by atoms with Gasteiger partial charge < -0.3 is 4.74 Å². The zero-order chi connectivity index (χ0) is 21.8. The number of benzene rings is 3. The standard InChI is InChI=1S/C25H18F2N2OS/c1-16-4-2-3-5-21(16)22-11-17(6-7-18(22)12-28)25(24-13-29-15-31-24)30-14-19-10-20(26)8-9-23(19)27/h2-11,13,15,25H,14H2,1H3. The van der Waals surface area contributed by atoms with Crippen LogP contribution in [0.15, 0.2) is 72.4 Å². The van der Waals surface area contributed by atoms with Crippen molar-refractivity contribution in [2.45, 2.75) is 19.6 Å². The number of aryl methyl sites for hydroxylation is 1. The van der Waals surface area contributed by atoms with Crippen LogP contribution in [0.4, 0.5) is 8.78 Å². The average Bonchev–Trinajstić information content (AvgIpc) is 3.31. The van der Waals surface area contributed by atoms with E-state index >= 15 is 0 Å². The minimum Gasteiger partial charge on any atom is -0.363 e. The molecule has 0 saturated carbocycles. The lowest BCUT2D eigenvalue weighted by molar-refractivity contribution is 0.0669. The van der Waals surface area contributed by atoms with Crippen LogP contribution in [0.25, 0.3) is 11.1 Å². The molecule has 1 heterocycles. The average molecular weight is 432 g/mol. The molecule has 154 valence electrons. The zero-order valence-electron chi connectivity index (χ0n) is 16.7. The van der Waals surface area contributed by atoms with E-state index in [1.54, 1.807) is 17.8 Å². The molecule has 1 atom stereocenters. The third kappa shape index (κ3) is 4.53. The largest absolute Gasteiger partial charge is 0.363 e. The van der Waals surface area contributed by atoms with Crippen molar-refractivity contribution < 1.29 is 13.5 Å². The number of rotatable bonds is 6. The summed E-state index contributed by atoms with van der Waals surface area (Å²) in [5.74, 6) is -1.04. The number of nitrogens with zero attached hydrogens (tertiary/aromatic N) is 2. The number of hydrogen-bond acceptors (Lipinski definition) is 4. The molecular formula is C25H18F2N2OS. The fraction of sp³-hybridized carbons (Fsp3) is 0.120. The molecule has 0 amide bonds. The van der Waals surface area contributed by atoms with Gasteiger partial charge in [0.15, 0.2) is 0 Å². The molecule has 6 heteroatoms. The monoisotopic (exact) mass is 432 g/mol. The number of aromatic nitrogens is 1. The van der Waals surface area contributed by atoms with Gasteiger partial charge in [0.25, 0.3) is 0 Å². The number of ether oxygens (including phenoxy) is 1. The minimum absolute atomic E-state index is 0.105. The highest BCUT2D eigenvalue weighted by atomic mass is 32.1. The van der Waals surface area contributed by atoms with Gasteiger partial charge in [0.2, 0.25) is 0 Å². The van der Waals surface area contributed by atoms with Crippen LogP contribution in [0, 0.1) is 29.9 Å². The number of hydrogen-bond donors (Lipinski definition) is 0. The van der Waals surface area contributed by atoms with Crippen LogP contribution < -0.4 is 0 Å². The van der Waals surface area contributed by atoms with Crippen LogP contribution >= 0.6 is 11.3 Å². The summed E-state index contributed by atoms with van der Waals surface area (Å²) in [5, 5.41) is 9.63. The molecule has 0 saturated heterocycles. The highest BCUT2D eigenvalue weighted by Gasteiger charge is 2.20.